The Morgan fingerprint density at radius 1 is 1.07 bits per heavy atom. The van der Waals surface area contributed by atoms with Crippen molar-refractivity contribution >= 4 is 35.6 Å². The molecule has 4 amide bonds. The minimum atomic E-state index is -0.675. The molecule has 0 spiro atoms. The van der Waals surface area contributed by atoms with Gasteiger partial charge in [0.1, 0.15) is 12.2 Å². The number of amides is 4. The number of ether oxygens (including phenoxy) is 1. The predicted octanol–water partition coefficient (Wildman–Crippen LogP) is 2.31. The summed E-state index contributed by atoms with van der Waals surface area (Å²) in [4.78, 5) is 49.1. The summed E-state index contributed by atoms with van der Waals surface area (Å²) in [5.41, 5.74) is 2.64. The third kappa shape index (κ3) is 4.67. The third-order valence-electron chi connectivity index (χ3n) is 4.24. The molecule has 0 saturated carbocycles. The number of urea groups is 1. The normalized spacial score (nSPS) is 14.7. The standard InChI is InChI=1S/C21H19N3O5/c1-13-3-9-16(10-4-13)22-18(25)12-24-19(26)17(23-21(24)28)11-14-5-7-15(8-6-14)20(27)29-2/h3-11H,12H2,1-2H3,(H,22,25)(H,23,28). The van der Waals surface area contributed by atoms with E-state index < -0.39 is 30.4 Å². The van der Waals surface area contributed by atoms with Gasteiger partial charge in [0, 0.05) is 5.69 Å². The zero-order chi connectivity index (χ0) is 21.0. The summed E-state index contributed by atoms with van der Waals surface area (Å²) in [6, 6.07) is 12.8. The van der Waals surface area contributed by atoms with Crippen molar-refractivity contribution in [3.8, 4) is 0 Å². The number of hydrogen-bond acceptors (Lipinski definition) is 5. The van der Waals surface area contributed by atoms with Crippen molar-refractivity contribution < 1.29 is 23.9 Å². The second-order valence-electron chi connectivity index (χ2n) is 6.41. The zero-order valence-corrected chi connectivity index (χ0v) is 15.9. The number of nitrogens with zero attached hydrogens (tertiary/aromatic N) is 1. The highest BCUT2D eigenvalue weighted by molar-refractivity contribution is 6.16. The van der Waals surface area contributed by atoms with Crippen LogP contribution in [0.25, 0.3) is 6.08 Å². The minimum absolute atomic E-state index is 0.0453. The monoisotopic (exact) mass is 393 g/mol. The first kappa shape index (κ1) is 19.8. The maximum Gasteiger partial charge on any atom is 0.337 e. The molecule has 0 radical (unpaired) electrons. The lowest BCUT2D eigenvalue weighted by Gasteiger charge is -2.12. The number of carbonyl (C=O) groups excluding carboxylic acids is 4. The van der Waals surface area contributed by atoms with E-state index in [9.17, 15) is 19.2 Å². The van der Waals surface area contributed by atoms with E-state index in [1.165, 1.54) is 13.2 Å². The van der Waals surface area contributed by atoms with Gasteiger partial charge in [-0.25, -0.2) is 14.5 Å². The molecule has 1 fully saturated rings. The number of benzene rings is 2. The lowest BCUT2D eigenvalue weighted by molar-refractivity contribution is -0.127. The molecule has 1 aliphatic heterocycles. The minimum Gasteiger partial charge on any atom is -0.465 e. The van der Waals surface area contributed by atoms with Gasteiger partial charge in [-0.1, -0.05) is 29.8 Å². The Morgan fingerprint density at radius 3 is 2.34 bits per heavy atom. The zero-order valence-electron chi connectivity index (χ0n) is 15.9. The molecule has 2 aromatic rings. The van der Waals surface area contributed by atoms with Crippen molar-refractivity contribution in [2.75, 3.05) is 19.0 Å². The summed E-state index contributed by atoms with van der Waals surface area (Å²) in [5, 5.41) is 5.10. The molecule has 2 aromatic carbocycles. The first-order valence-electron chi connectivity index (χ1n) is 8.77. The number of hydrogen-bond donors (Lipinski definition) is 2. The summed E-state index contributed by atoms with van der Waals surface area (Å²) in [6.07, 6.45) is 1.47. The fourth-order valence-electron chi connectivity index (χ4n) is 2.70. The molecule has 1 aliphatic rings. The number of aryl methyl sites for hydroxylation is 1. The first-order chi connectivity index (χ1) is 13.9. The van der Waals surface area contributed by atoms with Crippen LogP contribution in [0, 0.1) is 6.92 Å². The van der Waals surface area contributed by atoms with Crippen LogP contribution in [0.15, 0.2) is 54.2 Å². The molecular formula is C21H19N3O5. The van der Waals surface area contributed by atoms with Crippen LogP contribution in [-0.2, 0) is 14.3 Å². The smallest absolute Gasteiger partial charge is 0.337 e. The second kappa shape index (κ2) is 8.39. The highest BCUT2D eigenvalue weighted by Gasteiger charge is 2.34. The van der Waals surface area contributed by atoms with Gasteiger partial charge in [0.2, 0.25) is 5.91 Å². The van der Waals surface area contributed by atoms with Crippen LogP contribution in [-0.4, -0.2) is 42.4 Å². The lowest BCUT2D eigenvalue weighted by Crippen LogP contribution is -2.38. The average molecular weight is 393 g/mol. The van der Waals surface area contributed by atoms with Crippen molar-refractivity contribution in [1.29, 1.82) is 0 Å². The van der Waals surface area contributed by atoms with E-state index in [-0.39, 0.29) is 5.70 Å². The maximum absolute atomic E-state index is 12.5. The highest BCUT2D eigenvalue weighted by Crippen LogP contribution is 2.16. The van der Waals surface area contributed by atoms with E-state index in [2.05, 4.69) is 15.4 Å². The van der Waals surface area contributed by atoms with Gasteiger partial charge in [0.15, 0.2) is 0 Å². The number of rotatable bonds is 5. The molecule has 0 bridgehead atoms. The van der Waals surface area contributed by atoms with Gasteiger partial charge in [-0.05, 0) is 42.8 Å². The molecule has 29 heavy (non-hydrogen) atoms. The Bertz CT molecular complexity index is 994. The summed E-state index contributed by atoms with van der Waals surface area (Å²) in [5.74, 6) is -1.56. The lowest BCUT2D eigenvalue weighted by atomic mass is 10.1. The Morgan fingerprint density at radius 2 is 1.72 bits per heavy atom. The van der Waals surface area contributed by atoms with Crippen LogP contribution >= 0.6 is 0 Å². The Hall–Kier alpha value is -3.94. The van der Waals surface area contributed by atoms with Crippen LogP contribution in [0.5, 0.6) is 0 Å². The topological polar surface area (TPSA) is 105 Å². The van der Waals surface area contributed by atoms with Gasteiger partial charge < -0.3 is 15.4 Å². The molecule has 0 atom stereocenters. The van der Waals surface area contributed by atoms with Gasteiger partial charge in [-0.15, -0.1) is 0 Å². The molecule has 1 heterocycles. The van der Waals surface area contributed by atoms with Gasteiger partial charge in [0.05, 0.1) is 12.7 Å². The fraction of sp³-hybridized carbons (Fsp3) is 0.143. The number of imide groups is 1. The molecular weight excluding hydrogens is 374 g/mol. The Kier molecular flexibility index (Phi) is 5.73. The maximum atomic E-state index is 12.5. The molecule has 2 N–H and O–H groups in total. The Balaban J connectivity index is 1.67. The van der Waals surface area contributed by atoms with E-state index in [1.54, 1.807) is 36.4 Å². The van der Waals surface area contributed by atoms with Crippen molar-refractivity contribution in [3.63, 3.8) is 0 Å². The number of methoxy groups -OCH3 is 1. The van der Waals surface area contributed by atoms with Gasteiger partial charge in [-0.3, -0.25) is 9.59 Å². The molecule has 3 rings (SSSR count). The molecule has 8 nitrogen and oxygen atoms in total. The van der Waals surface area contributed by atoms with Crippen LogP contribution < -0.4 is 10.6 Å². The van der Waals surface area contributed by atoms with E-state index in [0.717, 1.165) is 10.5 Å². The van der Waals surface area contributed by atoms with Gasteiger partial charge in [-0.2, -0.15) is 0 Å². The van der Waals surface area contributed by atoms with Gasteiger partial charge in [0.25, 0.3) is 5.91 Å². The number of nitrogens with one attached hydrogen (secondary N) is 2. The molecule has 8 heteroatoms. The van der Waals surface area contributed by atoms with Crippen LogP contribution in [0.3, 0.4) is 0 Å². The second-order valence-corrected chi connectivity index (χ2v) is 6.41. The van der Waals surface area contributed by atoms with Crippen LogP contribution in [0.4, 0.5) is 10.5 Å². The molecule has 0 unspecified atom stereocenters. The van der Waals surface area contributed by atoms with E-state index in [0.29, 0.717) is 16.8 Å². The van der Waals surface area contributed by atoms with Crippen LogP contribution in [0.1, 0.15) is 21.5 Å². The molecule has 1 saturated heterocycles. The quantitative estimate of drug-likeness (QED) is 0.461. The average Bonchev–Trinajstić information content (AvgIpc) is 2.97. The summed E-state index contributed by atoms with van der Waals surface area (Å²) < 4.78 is 4.63. The third-order valence-corrected chi connectivity index (χ3v) is 4.24. The molecule has 0 aliphatic carbocycles. The molecule has 148 valence electrons. The van der Waals surface area contributed by atoms with Crippen molar-refractivity contribution in [3.05, 3.63) is 70.9 Å². The number of esters is 1. The van der Waals surface area contributed by atoms with E-state index in [1.807, 2.05) is 19.1 Å². The fourth-order valence-corrected chi connectivity index (χ4v) is 2.70. The highest BCUT2D eigenvalue weighted by atomic mass is 16.5. The van der Waals surface area contributed by atoms with E-state index >= 15 is 0 Å². The molecule has 0 aromatic heterocycles. The van der Waals surface area contributed by atoms with Crippen LogP contribution in [0.2, 0.25) is 0 Å². The predicted molar refractivity (Wildman–Crippen MR) is 106 cm³/mol. The van der Waals surface area contributed by atoms with Gasteiger partial charge >= 0.3 is 12.0 Å². The summed E-state index contributed by atoms with van der Waals surface area (Å²) >= 11 is 0. The SMILES string of the molecule is COC(=O)c1ccc(C=C2NC(=O)N(CC(=O)Nc3ccc(C)cc3)C2=O)cc1. The van der Waals surface area contributed by atoms with Crippen molar-refractivity contribution in [1.82, 2.24) is 10.2 Å². The van der Waals surface area contributed by atoms with E-state index in [4.69, 9.17) is 0 Å². The Labute approximate surface area is 167 Å². The summed E-state index contributed by atoms with van der Waals surface area (Å²) in [7, 11) is 1.29. The number of anilines is 1. The number of carbonyl (C=O) groups is 4. The first-order valence-corrected chi connectivity index (χ1v) is 8.77. The summed E-state index contributed by atoms with van der Waals surface area (Å²) in [6.45, 7) is 1.52. The largest absolute Gasteiger partial charge is 0.465 e. The van der Waals surface area contributed by atoms with Crippen molar-refractivity contribution in [2.45, 2.75) is 6.92 Å². The van der Waals surface area contributed by atoms with Crippen molar-refractivity contribution in [2.24, 2.45) is 0 Å².